The van der Waals surface area contributed by atoms with Gasteiger partial charge >= 0.3 is 11.8 Å². The standard InChI is InChI=1S/C16H17ClN4O2/c17-13-4-3-5-14(12-13)18-16(22)20-10-8-19(9-11-20)15-6-1-2-7-21(15)23/h1-7,12H,8-11H2,(H-,18,22,23)/p+1. The van der Waals surface area contributed by atoms with E-state index in [-0.39, 0.29) is 6.03 Å². The summed E-state index contributed by atoms with van der Waals surface area (Å²) in [6.45, 7) is 2.49. The smallest absolute Gasteiger partial charge is 0.322 e. The average molecular weight is 334 g/mol. The van der Waals surface area contributed by atoms with E-state index in [2.05, 4.69) is 5.32 Å². The predicted octanol–water partition coefficient (Wildman–Crippen LogP) is 2.22. The van der Waals surface area contributed by atoms with Gasteiger partial charge in [-0.25, -0.2) is 4.79 Å². The van der Waals surface area contributed by atoms with Gasteiger partial charge in [0.15, 0.2) is 0 Å². The topological polar surface area (TPSA) is 59.7 Å². The minimum Gasteiger partial charge on any atom is -0.350 e. The fourth-order valence-corrected chi connectivity index (χ4v) is 2.77. The number of halogens is 1. The molecule has 2 heterocycles. The molecule has 1 aromatic heterocycles. The maximum atomic E-state index is 12.3. The summed E-state index contributed by atoms with van der Waals surface area (Å²) in [5, 5.41) is 13.3. The van der Waals surface area contributed by atoms with Crippen LogP contribution in [0.25, 0.3) is 0 Å². The number of piperazine rings is 1. The molecule has 7 heteroatoms. The van der Waals surface area contributed by atoms with E-state index in [1.807, 2.05) is 17.0 Å². The molecule has 1 aromatic carbocycles. The van der Waals surface area contributed by atoms with Crippen LogP contribution in [0.3, 0.4) is 0 Å². The summed E-state index contributed by atoms with van der Waals surface area (Å²) in [6, 6.07) is 12.4. The molecule has 0 saturated carbocycles. The Morgan fingerprint density at radius 1 is 1.13 bits per heavy atom. The van der Waals surface area contributed by atoms with Crippen molar-refractivity contribution in [1.82, 2.24) is 4.90 Å². The molecule has 1 fully saturated rings. The first kappa shape index (κ1) is 15.4. The molecule has 23 heavy (non-hydrogen) atoms. The van der Waals surface area contributed by atoms with Gasteiger partial charge in [0, 0.05) is 16.8 Å². The van der Waals surface area contributed by atoms with Crippen molar-refractivity contribution >= 4 is 29.1 Å². The van der Waals surface area contributed by atoms with Crippen LogP contribution in [0, 0.1) is 0 Å². The number of carbonyl (C=O) groups excluding carboxylic acids is 1. The monoisotopic (exact) mass is 333 g/mol. The number of carbonyl (C=O) groups is 1. The van der Waals surface area contributed by atoms with Crippen LogP contribution in [-0.4, -0.2) is 42.3 Å². The van der Waals surface area contributed by atoms with Gasteiger partial charge in [-0.3, -0.25) is 4.90 Å². The first-order chi connectivity index (χ1) is 11.1. The van der Waals surface area contributed by atoms with E-state index in [9.17, 15) is 10.0 Å². The Bertz CT molecular complexity index is 702. The van der Waals surface area contributed by atoms with Gasteiger partial charge in [-0.2, -0.15) is 0 Å². The van der Waals surface area contributed by atoms with Gasteiger partial charge in [0.1, 0.15) is 19.3 Å². The number of anilines is 2. The number of pyridine rings is 1. The van der Waals surface area contributed by atoms with E-state index in [1.165, 1.54) is 0 Å². The molecule has 2 N–H and O–H groups in total. The van der Waals surface area contributed by atoms with Crippen LogP contribution in [0.1, 0.15) is 0 Å². The van der Waals surface area contributed by atoms with Crippen LogP contribution in [0.4, 0.5) is 16.3 Å². The molecule has 1 aliphatic heterocycles. The molecule has 0 unspecified atom stereocenters. The van der Waals surface area contributed by atoms with Crippen LogP contribution in [0.5, 0.6) is 0 Å². The second-order valence-electron chi connectivity index (χ2n) is 5.32. The highest BCUT2D eigenvalue weighted by atomic mass is 35.5. The first-order valence-corrected chi connectivity index (χ1v) is 7.78. The van der Waals surface area contributed by atoms with Crippen LogP contribution >= 0.6 is 11.6 Å². The zero-order valence-corrected chi connectivity index (χ0v) is 13.3. The highest BCUT2D eigenvalue weighted by Gasteiger charge is 2.27. The van der Waals surface area contributed by atoms with Gasteiger partial charge in [-0.1, -0.05) is 28.5 Å². The third-order valence-electron chi connectivity index (χ3n) is 3.79. The zero-order chi connectivity index (χ0) is 16.2. The summed E-state index contributed by atoms with van der Waals surface area (Å²) < 4.78 is 1.10. The lowest BCUT2D eigenvalue weighted by molar-refractivity contribution is -0.894. The lowest BCUT2D eigenvalue weighted by Gasteiger charge is -2.31. The predicted molar refractivity (Wildman–Crippen MR) is 88.1 cm³/mol. The number of aromatic nitrogens is 1. The highest BCUT2D eigenvalue weighted by Crippen LogP contribution is 2.16. The molecule has 6 nitrogen and oxygen atoms in total. The van der Waals surface area contributed by atoms with Gasteiger partial charge < -0.3 is 15.4 Å². The quantitative estimate of drug-likeness (QED) is 0.654. The lowest BCUT2D eigenvalue weighted by atomic mass is 10.3. The molecular formula is C16H18ClN4O2+. The lowest BCUT2D eigenvalue weighted by Crippen LogP contribution is -2.53. The minimum atomic E-state index is -0.142. The van der Waals surface area contributed by atoms with Crippen molar-refractivity contribution in [2.75, 3.05) is 36.4 Å². The summed E-state index contributed by atoms with van der Waals surface area (Å²) in [4.78, 5) is 16.1. The van der Waals surface area contributed by atoms with Crippen molar-refractivity contribution < 1.29 is 14.7 Å². The SMILES string of the molecule is O=C(Nc1cccc(Cl)c1)N1CCN(c2cccc[n+]2O)CC1. The van der Waals surface area contributed by atoms with Crippen LogP contribution in [0.15, 0.2) is 48.7 Å². The average Bonchev–Trinajstić information content (AvgIpc) is 2.55. The van der Waals surface area contributed by atoms with E-state index < -0.39 is 0 Å². The number of hydrogen-bond acceptors (Lipinski definition) is 3. The van der Waals surface area contributed by atoms with E-state index >= 15 is 0 Å². The fraction of sp³-hybridized carbons (Fsp3) is 0.250. The van der Waals surface area contributed by atoms with Gasteiger partial charge in [-0.15, -0.1) is 0 Å². The molecule has 0 aliphatic carbocycles. The van der Waals surface area contributed by atoms with Crippen LogP contribution < -0.4 is 14.9 Å². The minimum absolute atomic E-state index is 0.142. The summed E-state index contributed by atoms with van der Waals surface area (Å²) in [6.07, 6.45) is 1.59. The Morgan fingerprint density at radius 2 is 1.91 bits per heavy atom. The number of nitrogens with one attached hydrogen (secondary N) is 1. The molecule has 0 bridgehead atoms. The van der Waals surface area contributed by atoms with Crippen molar-refractivity contribution in [3.05, 3.63) is 53.7 Å². The van der Waals surface area contributed by atoms with Crippen molar-refractivity contribution in [3.8, 4) is 0 Å². The summed E-state index contributed by atoms with van der Waals surface area (Å²) in [5.41, 5.74) is 0.682. The largest absolute Gasteiger partial charge is 0.350 e. The molecule has 2 aromatic rings. The normalized spacial score (nSPS) is 14.7. The second kappa shape index (κ2) is 6.75. The first-order valence-electron chi connectivity index (χ1n) is 7.40. The molecule has 0 atom stereocenters. The Morgan fingerprint density at radius 3 is 2.61 bits per heavy atom. The Kier molecular flexibility index (Phi) is 4.52. The Labute approximate surface area is 139 Å². The Balaban J connectivity index is 1.58. The third-order valence-corrected chi connectivity index (χ3v) is 4.02. The highest BCUT2D eigenvalue weighted by molar-refractivity contribution is 6.30. The third kappa shape index (κ3) is 3.65. The molecule has 120 valence electrons. The van der Waals surface area contributed by atoms with Crippen molar-refractivity contribution in [2.24, 2.45) is 0 Å². The molecule has 0 radical (unpaired) electrons. The maximum Gasteiger partial charge on any atom is 0.322 e. The summed E-state index contributed by atoms with van der Waals surface area (Å²) in [7, 11) is 0. The van der Waals surface area contributed by atoms with E-state index in [4.69, 9.17) is 11.6 Å². The zero-order valence-electron chi connectivity index (χ0n) is 12.5. The molecule has 0 spiro atoms. The van der Waals surface area contributed by atoms with Crippen LogP contribution in [-0.2, 0) is 0 Å². The molecule has 1 saturated heterocycles. The number of nitrogens with zero attached hydrogens (tertiary/aromatic N) is 3. The van der Waals surface area contributed by atoms with Crippen molar-refractivity contribution in [2.45, 2.75) is 0 Å². The van der Waals surface area contributed by atoms with Gasteiger partial charge in [-0.05, 0) is 24.3 Å². The van der Waals surface area contributed by atoms with Crippen molar-refractivity contribution in [1.29, 1.82) is 0 Å². The summed E-state index contributed by atoms with van der Waals surface area (Å²) >= 11 is 5.92. The van der Waals surface area contributed by atoms with Gasteiger partial charge in [0.2, 0.25) is 0 Å². The number of urea groups is 1. The fourth-order valence-electron chi connectivity index (χ4n) is 2.58. The van der Waals surface area contributed by atoms with Crippen molar-refractivity contribution in [3.63, 3.8) is 0 Å². The molecule has 2 amide bonds. The molecular weight excluding hydrogens is 316 g/mol. The maximum absolute atomic E-state index is 12.3. The van der Waals surface area contributed by atoms with E-state index in [0.717, 1.165) is 10.5 Å². The summed E-state index contributed by atoms with van der Waals surface area (Å²) in [5.74, 6) is 0.724. The van der Waals surface area contributed by atoms with Gasteiger partial charge in [0.05, 0.1) is 13.1 Å². The number of rotatable bonds is 2. The number of benzene rings is 1. The second-order valence-corrected chi connectivity index (χ2v) is 5.75. The number of hydrogen-bond donors (Lipinski definition) is 2. The molecule has 1 aliphatic rings. The Hall–Kier alpha value is -2.47. The molecule has 3 rings (SSSR count). The van der Waals surface area contributed by atoms with Crippen LogP contribution in [0.2, 0.25) is 5.02 Å². The van der Waals surface area contributed by atoms with Gasteiger partial charge in [0.25, 0.3) is 0 Å². The number of amides is 2. The van der Waals surface area contributed by atoms with E-state index in [1.54, 1.807) is 41.4 Å². The van der Waals surface area contributed by atoms with E-state index in [0.29, 0.717) is 36.9 Å².